The first-order chi connectivity index (χ1) is 9.90. The third-order valence-corrected chi connectivity index (χ3v) is 3.45. The number of benzene rings is 1. The molecule has 0 aliphatic carbocycles. The highest BCUT2D eigenvalue weighted by atomic mass is 79.9. The molecule has 0 amide bonds. The molecule has 0 radical (unpaired) electrons. The van der Waals surface area contributed by atoms with E-state index < -0.39 is 5.97 Å². The molecule has 0 aliphatic heterocycles. The minimum Gasteiger partial charge on any atom is -0.490 e. The van der Waals surface area contributed by atoms with Crippen LogP contribution in [0.4, 0.5) is 0 Å². The third-order valence-electron chi connectivity index (χ3n) is 2.24. The van der Waals surface area contributed by atoms with E-state index in [9.17, 15) is 4.79 Å². The van der Waals surface area contributed by atoms with Crippen LogP contribution in [0.25, 0.3) is 0 Å². The van der Waals surface area contributed by atoms with Crippen molar-refractivity contribution < 1.29 is 19.4 Å². The number of carboxylic acid groups (broad SMARTS) is 1. The smallest absolute Gasteiger partial charge is 0.303 e. The van der Waals surface area contributed by atoms with Gasteiger partial charge in [0.25, 0.3) is 0 Å². The number of carbonyl (C=O) groups is 1. The van der Waals surface area contributed by atoms with Crippen molar-refractivity contribution in [1.29, 1.82) is 0 Å². The Balaban J connectivity index is 2.62. The molecule has 0 saturated carbocycles. The fourth-order valence-corrected chi connectivity index (χ4v) is 2.20. The van der Waals surface area contributed by atoms with Gasteiger partial charge in [-0.15, -0.1) is 0 Å². The molecule has 0 fully saturated rings. The zero-order chi connectivity index (χ0) is 15.8. The van der Waals surface area contributed by atoms with E-state index in [0.29, 0.717) is 34.6 Å². The maximum atomic E-state index is 10.4. The first kappa shape index (κ1) is 18.6. The van der Waals surface area contributed by atoms with E-state index >= 15 is 0 Å². The molecular weight excluding hydrogens is 451 g/mol. The largest absolute Gasteiger partial charge is 0.490 e. The predicted molar refractivity (Wildman–Crippen MR) is 90.3 cm³/mol. The molecule has 0 unspecified atom stereocenters. The van der Waals surface area contributed by atoms with E-state index in [-0.39, 0.29) is 13.0 Å². The summed E-state index contributed by atoms with van der Waals surface area (Å²) in [7, 11) is 0. The molecule has 1 rings (SSSR count). The SMILES string of the molecule is O=C(O)CCCOc1c(Cl)cc(OCC=C(Br)Br)cc1Cl. The Kier molecular flexibility index (Phi) is 8.48. The average molecular weight is 463 g/mol. The zero-order valence-electron chi connectivity index (χ0n) is 10.7. The van der Waals surface area contributed by atoms with Gasteiger partial charge in [-0.25, -0.2) is 0 Å². The number of carboxylic acids is 1. The Hall–Kier alpha value is -0.430. The lowest BCUT2D eigenvalue weighted by molar-refractivity contribution is -0.137. The van der Waals surface area contributed by atoms with Gasteiger partial charge < -0.3 is 14.6 Å². The number of halogens is 4. The molecule has 1 N–H and O–H groups in total. The number of ether oxygens (including phenoxy) is 2. The maximum absolute atomic E-state index is 10.4. The number of hydrogen-bond acceptors (Lipinski definition) is 3. The van der Waals surface area contributed by atoms with Crippen molar-refractivity contribution in [1.82, 2.24) is 0 Å². The van der Waals surface area contributed by atoms with Crippen molar-refractivity contribution in [3.05, 3.63) is 31.6 Å². The van der Waals surface area contributed by atoms with E-state index in [1.54, 1.807) is 18.2 Å². The van der Waals surface area contributed by atoms with Crippen LogP contribution in [-0.4, -0.2) is 24.3 Å². The summed E-state index contributed by atoms with van der Waals surface area (Å²) in [6.07, 6.45) is 2.19. The first-order valence-corrected chi connectivity index (χ1v) is 8.22. The van der Waals surface area contributed by atoms with Gasteiger partial charge in [0.1, 0.15) is 12.4 Å². The van der Waals surface area contributed by atoms with Crippen molar-refractivity contribution in [2.24, 2.45) is 0 Å². The topological polar surface area (TPSA) is 55.8 Å². The Bertz CT molecular complexity index is 508. The lowest BCUT2D eigenvalue weighted by Gasteiger charge is -2.11. The molecule has 0 aromatic heterocycles. The van der Waals surface area contributed by atoms with Crippen molar-refractivity contribution in [3.63, 3.8) is 0 Å². The van der Waals surface area contributed by atoms with Crippen LogP contribution >= 0.6 is 55.1 Å². The summed E-state index contributed by atoms with van der Waals surface area (Å²) < 4.78 is 11.6. The van der Waals surface area contributed by atoms with Crippen LogP contribution in [0.15, 0.2) is 21.6 Å². The predicted octanol–water partition coefficient (Wildman–Crippen LogP) is 5.25. The first-order valence-electron chi connectivity index (χ1n) is 5.87. The average Bonchev–Trinajstić information content (AvgIpc) is 2.36. The summed E-state index contributed by atoms with van der Waals surface area (Å²) in [6.45, 7) is 0.572. The molecule has 0 saturated heterocycles. The van der Waals surface area contributed by atoms with E-state index in [1.807, 2.05) is 0 Å². The number of rotatable bonds is 8. The van der Waals surface area contributed by atoms with Crippen LogP contribution in [-0.2, 0) is 4.79 Å². The van der Waals surface area contributed by atoms with E-state index in [1.165, 1.54) is 0 Å². The van der Waals surface area contributed by atoms with Gasteiger partial charge in [0.05, 0.1) is 20.0 Å². The van der Waals surface area contributed by atoms with Crippen LogP contribution in [0.2, 0.25) is 10.0 Å². The minimum absolute atomic E-state index is 0.0319. The summed E-state index contributed by atoms with van der Waals surface area (Å²) in [5.41, 5.74) is 0. The Labute approximate surface area is 149 Å². The lowest BCUT2D eigenvalue weighted by atomic mass is 10.3. The highest BCUT2D eigenvalue weighted by molar-refractivity contribution is 9.28. The Morgan fingerprint density at radius 1 is 1.24 bits per heavy atom. The third kappa shape index (κ3) is 7.40. The zero-order valence-corrected chi connectivity index (χ0v) is 15.4. The van der Waals surface area contributed by atoms with Crippen molar-refractivity contribution in [2.45, 2.75) is 12.8 Å². The van der Waals surface area contributed by atoms with Gasteiger partial charge in [-0.3, -0.25) is 4.79 Å². The number of aliphatic carboxylic acids is 1. The van der Waals surface area contributed by atoms with Crippen LogP contribution in [0, 0.1) is 0 Å². The van der Waals surface area contributed by atoms with Crippen molar-refractivity contribution >= 4 is 61.0 Å². The fraction of sp³-hybridized carbons (Fsp3) is 0.308. The van der Waals surface area contributed by atoms with Crippen LogP contribution in [0.5, 0.6) is 11.5 Å². The monoisotopic (exact) mass is 460 g/mol. The van der Waals surface area contributed by atoms with Crippen molar-refractivity contribution in [2.75, 3.05) is 13.2 Å². The van der Waals surface area contributed by atoms with Gasteiger partial charge in [0.15, 0.2) is 5.75 Å². The highest BCUT2D eigenvalue weighted by Crippen LogP contribution is 2.37. The molecule has 0 atom stereocenters. The minimum atomic E-state index is -0.870. The molecule has 1 aromatic carbocycles. The summed E-state index contributed by atoms with van der Waals surface area (Å²) in [5, 5.41) is 9.17. The normalized spacial score (nSPS) is 10.1. The van der Waals surface area contributed by atoms with Gasteiger partial charge >= 0.3 is 5.97 Å². The molecule has 0 bridgehead atoms. The molecule has 21 heavy (non-hydrogen) atoms. The number of hydrogen-bond donors (Lipinski definition) is 1. The fourth-order valence-electron chi connectivity index (χ4n) is 1.36. The second kappa shape index (κ2) is 9.56. The van der Waals surface area contributed by atoms with Crippen LogP contribution in [0.3, 0.4) is 0 Å². The summed E-state index contributed by atoms with van der Waals surface area (Å²) in [6, 6.07) is 3.19. The molecule has 0 aliphatic rings. The molecule has 0 spiro atoms. The van der Waals surface area contributed by atoms with Gasteiger partial charge in [0, 0.05) is 18.6 Å². The molecule has 116 valence electrons. The van der Waals surface area contributed by atoms with Crippen LogP contribution in [0.1, 0.15) is 12.8 Å². The van der Waals surface area contributed by atoms with Gasteiger partial charge in [0.2, 0.25) is 0 Å². The second-order valence-corrected chi connectivity index (χ2v) is 7.45. The molecule has 0 heterocycles. The summed E-state index contributed by atoms with van der Waals surface area (Å²) >= 11 is 18.6. The summed E-state index contributed by atoms with van der Waals surface area (Å²) in [5.74, 6) is -0.0285. The standard InChI is InChI=1S/C13H12Br2Cl2O4/c14-11(15)3-5-20-8-6-9(16)13(10(17)7-8)21-4-1-2-12(18)19/h3,6-7H,1-2,4-5H2,(H,18,19). The van der Waals surface area contributed by atoms with Crippen molar-refractivity contribution in [3.8, 4) is 11.5 Å². The second-order valence-electron chi connectivity index (χ2n) is 3.87. The van der Waals surface area contributed by atoms with E-state index in [2.05, 4.69) is 31.9 Å². The molecule has 4 nitrogen and oxygen atoms in total. The molecular formula is C13H12Br2Cl2O4. The molecule has 8 heteroatoms. The highest BCUT2D eigenvalue weighted by Gasteiger charge is 2.11. The van der Waals surface area contributed by atoms with Gasteiger partial charge in [-0.2, -0.15) is 0 Å². The Morgan fingerprint density at radius 3 is 2.38 bits per heavy atom. The van der Waals surface area contributed by atoms with Crippen LogP contribution < -0.4 is 9.47 Å². The van der Waals surface area contributed by atoms with Gasteiger partial charge in [-0.05, 0) is 44.4 Å². The maximum Gasteiger partial charge on any atom is 0.303 e. The summed E-state index contributed by atoms with van der Waals surface area (Å²) in [4.78, 5) is 10.4. The quantitative estimate of drug-likeness (QED) is 0.536. The van der Waals surface area contributed by atoms with Gasteiger partial charge in [-0.1, -0.05) is 23.2 Å². The Morgan fingerprint density at radius 2 is 1.86 bits per heavy atom. The van der Waals surface area contributed by atoms with E-state index in [4.69, 9.17) is 37.8 Å². The van der Waals surface area contributed by atoms with E-state index in [0.717, 1.165) is 3.39 Å². The molecule has 1 aromatic rings. The lowest BCUT2D eigenvalue weighted by Crippen LogP contribution is -2.03.